The van der Waals surface area contributed by atoms with Crippen LogP contribution < -0.4 is 10.6 Å². The van der Waals surface area contributed by atoms with Crippen molar-refractivity contribution in [2.24, 2.45) is 17.8 Å². The molecule has 3 rings (SSSR count). The van der Waals surface area contributed by atoms with Crippen molar-refractivity contribution in [2.75, 3.05) is 19.0 Å². The molecule has 2 saturated carbocycles. The molecule has 2 bridgehead atoms. The summed E-state index contributed by atoms with van der Waals surface area (Å²) in [5.41, 5.74) is 1.07. The fraction of sp³-hybridized carbons (Fsp3) is 0.526. The normalized spacial score (nSPS) is 24.0. The van der Waals surface area contributed by atoms with Gasteiger partial charge in [-0.3, -0.25) is 14.4 Å². The topological polar surface area (TPSA) is 84.5 Å². The van der Waals surface area contributed by atoms with Gasteiger partial charge in [0, 0.05) is 24.7 Å². The van der Waals surface area contributed by atoms with Crippen LogP contribution in [0.2, 0.25) is 0 Å². The molecule has 2 amide bonds. The largest absolute Gasteiger partial charge is 0.456 e. The second kappa shape index (κ2) is 7.68. The Hall–Kier alpha value is -2.37. The van der Waals surface area contributed by atoms with E-state index in [1.54, 1.807) is 31.3 Å². The number of anilines is 1. The maximum Gasteiger partial charge on any atom is 0.306 e. The molecule has 0 radical (unpaired) electrons. The summed E-state index contributed by atoms with van der Waals surface area (Å²) in [6, 6.07) is 6.52. The molecule has 0 heterocycles. The lowest BCUT2D eigenvalue weighted by Crippen LogP contribution is -2.23. The first-order valence-electron chi connectivity index (χ1n) is 8.82. The minimum Gasteiger partial charge on any atom is -0.456 e. The van der Waals surface area contributed by atoms with E-state index in [1.807, 2.05) is 0 Å². The molecule has 0 aliphatic heterocycles. The first-order chi connectivity index (χ1) is 12.0. The Kier molecular flexibility index (Phi) is 5.36. The van der Waals surface area contributed by atoms with Gasteiger partial charge in [-0.2, -0.15) is 0 Å². The number of nitrogens with one attached hydrogen (secondary N) is 2. The summed E-state index contributed by atoms with van der Waals surface area (Å²) in [4.78, 5) is 35.3. The number of ether oxygens (including phenoxy) is 1. The highest BCUT2D eigenvalue weighted by Crippen LogP contribution is 2.49. The molecular weight excluding hydrogens is 320 g/mol. The van der Waals surface area contributed by atoms with Crippen LogP contribution >= 0.6 is 0 Å². The predicted octanol–water partition coefficient (Wildman–Crippen LogP) is 2.35. The summed E-state index contributed by atoms with van der Waals surface area (Å²) in [6.07, 6.45) is 5.34. The van der Waals surface area contributed by atoms with Crippen molar-refractivity contribution in [3.05, 3.63) is 29.8 Å². The van der Waals surface area contributed by atoms with Crippen molar-refractivity contribution in [3.8, 4) is 0 Å². The Bertz CT molecular complexity index is 656. The third-order valence-electron chi connectivity index (χ3n) is 5.34. The molecule has 6 heteroatoms. The molecule has 1 aromatic rings. The van der Waals surface area contributed by atoms with Gasteiger partial charge in [0.15, 0.2) is 6.61 Å². The van der Waals surface area contributed by atoms with E-state index in [4.69, 9.17) is 4.74 Å². The van der Waals surface area contributed by atoms with Gasteiger partial charge in [-0.1, -0.05) is 6.42 Å². The number of fused-ring (bicyclic) bond motifs is 2. The van der Waals surface area contributed by atoms with Crippen LogP contribution in [0, 0.1) is 17.8 Å². The van der Waals surface area contributed by atoms with Crippen LogP contribution in [0.4, 0.5) is 5.69 Å². The summed E-state index contributed by atoms with van der Waals surface area (Å²) < 4.78 is 5.11. The lowest BCUT2D eigenvalue weighted by molar-refractivity contribution is -0.148. The summed E-state index contributed by atoms with van der Waals surface area (Å²) >= 11 is 0. The highest BCUT2D eigenvalue weighted by molar-refractivity contribution is 5.96. The first-order valence-corrected chi connectivity index (χ1v) is 8.82. The average Bonchev–Trinajstić information content (AvgIpc) is 3.23. The van der Waals surface area contributed by atoms with E-state index in [0.29, 0.717) is 29.5 Å². The van der Waals surface area contributed by atoms with E-state index in [2.05, 4.69) is 10.6 Å². The number of rotatable bonds is 6. The molecule has 6 nitrogen and oxygen atoms in total. The Morgan fingerprint density at radius 2 is 1.88 bits per heavy atom. The molecule has 3 atom stereocenters. The predicted molar refractivity (Wildman–Crippen MR) is 93.0 cm³/mol. The van der Waals surface area contributed by atoms with Crippen LogP contribution in [-0.4, -0.2) is 31.4 Å². The van der Waals surface area contributed by atoms with Gasteiger partial charge in [0.1, 0.15) is 0 Å². The maximum absolute atomic E-state index is 11.9. The monoisotopic (exact) mass is 344 g/mol. The molecule has 2 aliphatic carbocycles. The summed E-state index contributed by atoms with van der Waals surface area (Å²) in [6.45, 7) is -0.281. The molecule has 0 spiro atoms. The van der Waals surface area contributed by atoms with Crippen LogP contribution in [0.1, 0.15) is 42.5 Å². The molecule has 2 N–H and O–H groups in total. The van der Waals surface area contributed by atoms with Gasteiger partial charge in [0.25, 0.3) is 11.8 Å². The molecule has 0 saturated heterocycles. The molecule has 25 heavy (non-hydrogen) atoms. The van der Waals surface area contributed by atoms with Crippen molar-refractivity contribution in [1.82, 2.24) is 5.32 Å². The van der Waals surface area contributed by atoms with Gasteiger partial charge >= 0.3 is 5.97 Å². The van der Waals surface area contributed by atoms with Crippen LogP contribution in [0.5, 0.6) is 0 Å². The minimum atomic E-state index is -0.381. The SMILES string of the molecule is CNC(=O)c1ccc(NC(=O)COC(=O)C[C@@H]2C[C@H]3CC[C@@H]2C3)cc1. The molecule has 1 aromatic carbocycles. The molecule has 2 aliphatic rings. The van der Waals surface area contributed by atoms with Crippen molar-refractivity contribution >= 4 is 23.5 Å². The van der Waals surface area contributed by atoms with Crippen LogP contribution in [0.3, 0.4) is 0 Å². The average molecular weight is 344 g/mol. The Balaban J connectivity index is 1.40. The number of amides is 2. The summed E-state index contributed by atoms with van der Waals surface area (Å²) in [5.74, 6) is 1.05. The zero-order chi connectivity index (χ0) is 17.8. The Labute approximate surface area is 147 Å². The summed E-state index contributed by atoms with van der Waals surface area (Å²) in [7, 11) is 1.56. The highest BCUT2D eigenvalue weighted by Gasteiger charge is 2.40. The number of carbonyl (C=O) groups excluding carboxylic acids is 3. The third kappa shape index (κ3) is 4.38. The van der Waals surface area contributed by atoms with Crippen molar-refractivity contribution in [3.63, 3.8) is 0 Å². The van der Waals surface area contributed by atoms with E-state index >= 15 is 0 Å². The highest BCUT2D eigenvalue weighted by atomic mass is 16.5. The van der Waals surface area contributed by atoms with Gasteiger partial charge in [-0.05, 0) is 61.3 Å². The standard InChI is InChI=1S/C19H24N2O4/c1-20-19(24)13-4-6-16(7-5-13)21-17(22)11-25-18(23)10-15-9-12-2-3-14(15)8-12/h4-7,12,14-15H,2-3,8-11H2,1H3,(H,20,24)(H,21,22)/t12-,14+,15-/m0/s1. The van der Waals surface area contributed by atoms with Crippen LogP contribution in [0.25, 0.3) is 0 Å². The molecule has 134 valence electrons. The van der Waals surface area contributed by atoms with Gasteiger partial charge in [0.05, 0.1) is 0 Å². The fourth-order valence-corrected chi connectivity index (χ4v) is 4.09. The smallest absolute Gasteiger partial charge is 0.306 e. The van der Waals surface area contributed by atoms with Gasteiger partial charge < -0.3 is 15.4 Å². The van der Waals surface area contributed by atoms with E-state index in [1.165, 1.54) is 19.3 Å². The van der Waals surface area contributed by atoms with E-state index < -0.39 is 0 Å². The molecule has 0 unspecified atom stereocenters. The van der Waals surface area contributed by atoms with Gasteiger partial charge in [-0.15, -0.1) is 0 Å². The number of hydrogen-bond acceptors (Lipinski definition) is 4. The minimum absolute atomic E-state index is 0.188. The van der Waals surface area contributed by atoms with Crippen molar-refractivity contribution < 1.29 is 19.1 Å². The third-order valence-corrected chi connectivity index (χ3v) is 5.34. The Morgan fingerprint density at radius 3 is 2.48 bits per heavy atom. The van der Waals surface area contributed by atoms with Crippen LogP contribution in [0.15, 0.2) is 24.3 Å². The first kappa shape index (κ1) is 17.5. The lowest BCUT2D eigenvalue weighted by Gasteiger charge is -2.20. The van der Waals surface area contributed by atoms with Crippen LogP contribution in [-0.2, 0) is 14.3 Å². The lowest BCUT2D eigenvalue weighted by atomic mass is 9.86. The quantitative estimate of drug-likeness (QED) is 0.776. The van der Waals surface area contributed by atoms with E-state index in [9.17, 15) is 14.4 Å². The molecular formula is C19H24N2O4. The Morgan fingerprint density at radius 1 is 1.12 bits per heavy atom. The fourth-order valence-electron chi connectivity index (χ4n) is 4.09. The van der Waals surface area contributed by atoms with Crippen molar-refractivity contribution in [1.29, 1.82) is 0 Å². The second-order valence-electron chi connectivity index (χ2n) is 7.00. The number of benzene rings is 1. The zero-order valence-corrected chi connectivity index (χ0v) is 14.4. The van der Waals surface area contributed by atoms with Gasteiger partial charge in [0.2, 0.25) is 0 Å². The molecule has 2 fully saturated rings. The summed E-state index contributed by atoms with van der Waals surface area (Å²) in [5, 5.41) is 5.18. The second-order valence-corrected chi connectivity index (χ2v) is 7.00. The number of hydrogen-bond donors (Lipinski definition) is 2. The van der Waals surface area contributed by atoms with E-state index in [0.717, 1.165) is 12.3 Å². The maximum atomic E-state index is 11.9. The zero-order valence-electron chi connectivity index (χ0n) is 14.4. The number of carbonyl (C=O) groups is 3. The van der Waals surface area contributed by atoms with Gasteiger partial charge in [-0.25, -0.2) is 0 Å². The molecule has 0 aromatic heterocycles. The van der Waals surface area contributed by atoms with E-state index in [-0.39, 0.29) is 24.4 Å². The number of esters is 1. The van der Waals surface area contributed by atoms with Crippen molar-refractivity contribution in [2.45, 2.75) is 32.1 Å².